The fraction of sp³-hybridized carbons (Fsp3) is 0.421. The van der Waals surface area contributed by atoms with Crippen molar-refractivity contribution in [2.45, 2.75) is 57.0 Å². The molecule has 5 aromatic rings. The minimum atomic E-state index is -1.32. The van der Waals surface area contributed by atoms with Gasteiger partial charge >= 0.3 is 0 Å². The number of para-hydroxylation sites is 1. The molecule has 13 nitrogen and oxygen atoms in total. The number of nitrogens with zero attached hydrogens (tertiary/aromatic N) is 9. The highest BCUT2D eigenvalue weighted by molar-refractivity contribution is 6.39. The van der Waals surface area contributed by atoms with Crippen molar-refractivity contribution >= 4 is 56.5 Å². The summed E-state index contributed by atoms with van der Waals surface area (Å²) in [5.74, 6) is 1.25. The van der Waals surface area contributed by atoms with Crippen LogP contribution in [0.15, 0.2) is 54.7 Å². The summed E-state index contributed by atoms with van der Waals surface area (Å²) in [4.78, 5) is 39.4. The van der Waals surface area contributed by atoms with Crippen molar-refractivity contribution < 1.29 is 9.59 Å². The van der Waals surface area contributed by atoms with Crippen LogP contribution in [0.3, 0.4) is 0 Å². The Bertz CT molecular complexity index is 2180. The number of rotatable bonds is 8. The number of hydrogen-bond acceptors (Lipinski definition) is 10. The van der Waals surface area contributed by atoms with Crippen LogP contribution in [0.2, 0.25) is 0 Å². The van der Waals surface area contributed by atoms with Gasteiger partial charge in [-0.25, -0.2) is 9.97 Å². The molecule has 4 radical (unpaired) electrons. The zero-order valence-corrected chi connectivity index (χ0v) is 30.7. The number of amides is 1. The van der Waals surface area contributed by atoms with Crippen LogP contribution in [0.25, 0.3) is 16.8 Å². The molecule has 2 N–H and O–H groups in total. The average molecular weight is 707 g/mol. The smallest absolute Gasteiger partial charge is 0.228 e. The van der Waals surface area contributed by atoms with Gasteiger partial charge in [0.25, 0.3) is 0 Å². The number of aromatic nitrogens is 6. The van der Waals surface area contributed by atoms with Gasteiger partial charge < -0.3 is 25.3 Å². The second-order valence-electron chi connectivity index (χ2n) is 14.8. The molecule has 268 valence electrons. The van der Waals surface area contributed by atoms with Crippen molar-refractivity contribution in [2.24, 2.45) is 5.92 Å². The van der Waals surface area contributed by atoms with E-state index < -0.39 is 5.34 Å². The Labute approximate surface area is 312 Å². The number of aldehydes is 1. The first kappa shape index (κ1) is 35.0. The Morgan fingerprint density at radius 3 is 2.45 bits per heavy atom. The second kappa shape index (κ2) is 13.8. The fourth-order valence-corrected chi connectivity index (χ4v) is 7.55. The first-order valence-electron chi connectivity index (χ1n) is 18.3. The lowest BCUT2D eigenvalue weighted by molar-refractivity contribution is -0.117. The van der Waals surface area contributed by atoms with Crippen LogP contribution in [-0.4, -0.2) is 107 Å². The number of likely N-dealkylation sites (tertiary alicyclic amines) is 2. The highest BCUT2D eigenvalue weighted by Gasteiger charge is 2.42. The summed E-state index contributed by atoms with van der Waals surface area (Å²) in [6, 6.07) is 15.1. The molecular weight excluding hydrogens is 664 g/mol. The number of carbonyl (C=O) groups is 2. The Balaban J connectivity index is 0.000000609. The number of benzene rings is 1. The maximum absolute atomic E-state index is 12.6. The molecule has 4 aromatic heterocycles. The summed E-state index contributed by atoms with van der Waals surface area (Å²) < 4.78 is 3.86. The van der Waals surface area contributed by atoms with Crippen molar-refractivity contribution in [1.82, 2.24) is 39.2 Å². The number of fused-ring (bicyclic) bond motifs is 4. The zero-order chi connectivity index (χ0) is 37.0. The van der Waals surface area contributed by atoms with E-state index in [1.807, 2.05) is 42.3 Å². The van der Waals surface area contributed by atoms with E-state index in [0.717, 1.165) is 46.7 Å². The Morgan fingerprint density at radius 2 is 1.75 bits per heavy atom. The molecule has 9 rings (SSSR count). The molecule has 1 atom stereocenters. The number of anilines is 4. The summed E-state index contributed by atoms with van der Waals surface area (Å²) in [6.45, 7) is 7.90. The van der Waals surface area contributed by atoms with E-state index in [0.29, 0.717) is 48.0 Å². The standard InChI is InChI=1S/C33H32B2N10O2.C5H11N/c1-18-12-28-39-27(40-32(47)20-10-11-20)13-29(45(28)41-18)38-25-8-5-7-23-24-14-36-44(30(24)19(2)42(3)31(23)25)22-15-43(16-22)33(34,35)26-9-4-6-21(17-46)37-26;1-6-4-2-3-5-6/h4-9,12-14,17,19-20,22,38H,10-11,15-16H2,1-3H3,(H,39,40,47);2-5H2,1H3. The second-order valence-corrected chi connectivity index (χ2v) is 14.8. The molecule has 1 amide bonds. The number of carbonyl (C=O) groups excluding carboxylic acids is 2. The summed E-state index contributed by atoms with van der Waals surface area (Å²) in [5.41, 5.74) is 7.36. The van der Waals surface area contributed by atoms with Crippen molar-refractivity contribution in [1.29, 1.82) is 0 Å². The summed E-state index contributed by atoms with van der Waals surface area (Å²) in [7, 11) is 17.4. The van der Waals surface area contributed by atoms with E-state index in [-0.39, 0.29) is 23.9 Å². The lowest BCUT2D eigenvalue weighted by Crippen LogP contribution is -2.60. The lowest BCUT2D eigenvalue weighted by Gasteiger charge is -2.50. The van der Waals surface area contributed by atoms with Gasteiger partial charge in [0.05, 0.1) is 56.7 Å². The molecule has 3 aliphatic heterocycles. The average Bonchev–Trinajstić information content (AvgIpc) is 3.51. The molecule has 15 heteroatoms. The van der Waals surface area contributed by atoms with Gasteiger partial charge in [0, 0.05) is 55.0 Å². The molecule has 53 heavy (non-hydrogen) atoms. The molecular formula is C38H43B2N11O2. The molecule has 0 bridgehead atoms. The topological polar surface area (TPSA) is 129 Å². The third kappa shape index (κ3) is 6.61. The first-order chi connectivity index (χ1) is 25.5. The minimum absolute atomic E-state index is 0.00111. The van der Waals surface area contributed by atoms with Crippen LogP contribution in [0, 0.1) is 12.8 Å². The van der Waals surface area contributed by atoms with Gasteiger partial charge in [-0.1, -0.05) is 18.2 Å². The molecule has 2 saturated heterocycles. The number of hydrogen-bond donors (Lipinski definition) is 2. The number of aryl methyl sites for hydroxylation is 1. The molecule has 3 fully saturated rings. The molecule has 1 aromatic carbocycles. The predicted molar refractivity (Wildman–Crippen MR) is 207 cm³/mol. The number of nitrogens with one attached hydrogen (secondary N) is 2. The Morgan fingerprint density at radius 1 is 1.00 bits per heavy atom. The van der Waals surface area contributed by atoms with Gasteiger partial charge in [0.1, 0.15) is 17.3 Å². The third-order valence-corrected chi connectivity index (χ3v) is 10.9. The maximum atomic E-state index is 12.6. The molecule has 7 heterocycles. The van der Waals surface area contributed by atoms with Gasteiger partial charge in [-0.3, -0.25) is 14.3 Å². The van der Waals surface area contributed by atoms with Gasteiger partial charge in [-0.05, 0) is 83.2 Å². The normalized spacial score (nSPS) is 18.9. The van der Waals surface area contributed by atoms with Crippen molar-refractivity contribution in [3.05, 3.63) is 77.5 Å². The predicted octanol–water partition coefficient (Wildman–Crippen LogP) is 4.43. The molecule has 1 unspecified atom stereocenters. The first-order valence-corrected chi connectivity index (χ1v) is 18.3. The third-order valence-electron chi connectivity index (χ3n) is 10.9. The van der Waals surface area contributed by atoms with Crippen LogP contribution in [0.5, 0.6) is 0 Å². The molecule has 4 aliphatic rings. The largest absolute Gasteiger partial charge is 0.364 e. The van der Waals surface area contributed by atoms with Gasteiger partial charge in [-0.2, -0.15) is 14.7 Å². The monoisotopic (exact) mass is 707 g/mol. The van der Waals surface area contributed by atoms with Gasteiger partial charge in [-0.15, -0.1) is 0 Å². The lowest BCUT2D eigenvalue weighted by atomic mass is 9.57. The quantitative estimate of drug-likeness (QED) is 0.177. The van der Waals surface area contributed by atoms with E-state index >= 15 is 0 Å². The summed E-state index contributed by atoms with van der Waals surface area (Å²) in [5, 5.41) is 14.8. The highest BCUT2D eigenvalue weighted by atomic mass is 16.2. The highest BCUT2D eigenvalue weighted by Crippen LogP contribution is 2.49. The fourth-order valence-electron chi connectivity index (χ4n) is 7.55. The molecule has 0 spiro atoms. The van der Waals surface area contributed by atoms with Gasteiger partial charge in [0.2, 0.25) is 5.91 Å². The van der Waals surface area contributed by atoms with E-state index in [2.05, 4.69) is 67.3 Å². The van der Waals surface area contributed by atoms with Crippen LogP contribution in [0.1, 0.15) is 72.3 Å². The summed E-state index contributed by atoms with van der Waals surface area (Å²) >= 11 is 0. The van der Waals surface area contributed by atoms with E-state index in [9.17, 15) is 9.59 Å². The maximum Gasteiger partial charge on any atom is 0.228 e. The molecule has 1 saturated carbocycles. The number of pyridine rings is 1. The van der Waals surface area contributed by atoms with Crippen LogP contribution < -0.4 is 15.5 Å². The van der Waals surface area contributed by atoms with Crippen LogP contribution >= 0.6 is 0 Å². The van der Waals surface area contributed by atoms with Crippen molar-refractivity contribution in [3.63, 3.8) is 0 Å². The zero-order valence-electron chi connectivity index (χ0n) is 30.7. The Hall–Kier alpha value is -5.01. The van der Waals surface area contributed by atoms with Crippen molar-refractivity contribution in [2.75, 3.05) is 55.8 Å². The van der Waals surface area contributed by atoms with Crippen LogP contribution in [-0.2, 0) is 10.1 Å². The summed E-state index contributed by atoms with van der Waals surface area (Å²) in [6.07, 6.45) is 7.28. The minimum Gasteiger partial charge on any atom is -0.364 e. The molecule has 1 aliphatic carbocycles. The van der Waals surface area contributed by atoms with Gasteiger partial charge in [0.15, 0.2) is 11.9 Å². The SMILES string of the molecule is CN1CCCC1.[B]C([B])(c1cccc(C=O)n1)N1CC(n2ncc3c2C(C)N(C)c2c(Nc4cc(NC(=O)C5CC5)nc5cc(C)nn45)cccc2-3)C1. The van der Waals surface area contributed by atoms with E-state index in [1.54, 1.807) is 22.7 Å². The Kier molecular flexibility index (Phi) is 9.10. The van der Waals surface area contributed by atoms with E-state index in [1.165, 1.54) is 25.9 Å². The van der Waals surface area contributed by atoms with Crippen LogP contribution in [0.4, 0.5) is 23.0 Å². The van der Waals surface area contributed by atoms with Crippen molar-refractivity contribution in [3.8, 4) is 11.1 Å². The van der Waals surface area contributed by atoms with E-state index in [4.69, 9.17) is 20.8 Å².